The second kappa shape index (κ2) is 20.2. The molecule has 0 aliphatic carbocycles. The number of rotatable bonds is 23. The van der Waals surface area contributed by atoms with Crippen LogP contribution in [0.4, 0.5) is 5.69 Å². The van der Waals surface area contributed by atoms with Crippen LogP contribution in [-0.4, -0.2) is 53.3 Å². The maximum Gasteiger partial charge on any atom is 0.322 e. The maximum absolute atomic E-state index is 10.9. The standard InChI is InChI=1S/C28H49NO6/c1-3-5-7-9-11-13-15-24(30)21-34-26-17-23(29-20-28(32)33)18-27(19-26)35-22-25(31)16-14-12-10-8-6-4-2/h17-19,24-25,29-31H,3-16,20-22H2,1-2H3,(H,32,33). The van der Waals surface area contributed by atoms with Gasteiger partial charge in [0.2, 0.25) is 0 Å². The van der Waals surface area contributed by atoms with Gasteiger partial charge in [0.05, 0.1) is 12.2 Å². The van der Waals surface area contributed by atoms with E-state index in [2.05, 4.69) is 19.2 Å². The predicted octanol–water partition coefficient (Wildman–Crippen LogP) is 6.16. The first-order valence-corrected chi connectivity index (χ1v) is 13.7. The van der Waals surface area contributed by atoms with E-state index in [0.717, 1.165) is 25.7 Å². The van der Waals surface area contributed by atoms with E-state index in [1.807, 2.05) is 0 Å². The number of carbonyl (C=O) groups is 1. The van der Waals surface area contributed by atoms with Gasteiger partial charge in [0.1, 0.15) is 31.3 Å². The summed E-state index contributed by atoms with van der Waals surface area (Å²) in [6.45, 7) is 4.49. The van der Waals surface area contributed by atoms with Crippen LogP contribution in [0.5, 0.6) is 11.5 Å². The lowest BCUT2D eigenvalue weighted by molar-refractivity contribution is -0.134. The van der Waals surface area contributed by atoms with Gasteiger partial charge < -0.3 is 30.1 Å². The number of hydrogen-bond acceptors (Lipinski definition) is 6. The second-order valence-corrected chi connectivity index (χ2v) is 9.48. The van der Waals surface area contributed by atoms with Crippen LogP contribution in [0.1, 0.15) is 104 Å². The Morgan fingerprint density at radius 1 is 0.743 bits per heavy atom. The normalized spacial score (nSPS) is 12.8. The Balaban J connectivity index is 2.51. The third-order valence-corrected chi connectivity index (χ3v) is 5.99. The summed E-state index contributed by atoms with van der Waals surface area (Å²) >= 11 is 0. The van der Waals surface area contributed by atoms with Gasteiger partial charge in [-0.1, -0.05) is 90.9 Å². The number of aliphatic hydroxyl groups excluding tert-OH is 2. The van der Waals surface area contributed by atoms with Crippen LogP contribution in [0.15, 0.2) is 18.2 Å². The molecule has 0 radical (unpaired) electrons. The summed E-state index contributed by atoms with van der Waals surface area (Å²) in [4.78, 5) is 10.9. The van der Waals surface area contributed by atoms with Gasteiger partial charge in [0, 0.05) is 23.9 Å². The Bertz CT molecular complexity index is 625. The molecule has 0 aliphatic rings. The largest absolute Gasteiger partial charge is 0.491 e. The topological polar surface area (TPSA) is 108 Å². The van der Waals surface area contributed by atoms with Crippen molar-refractivity contribution in [1.29, 1.82) is 0 Å². The Morgan fingerprint density at radius 2 is 1.17 bits per heavy atom. The van der Waals surface area contributed by atoms with Crippen molar-refractivity contribution in [2.45, 2.75) is 116 Å². The minimum absolute atomic E-state index is 0.164. The molecule has 7 nitrogen and oxygen atoms in total. The molecule has 0 heterocycles. The van der Waals surface area contributed by atoms with Crippen molar-refractivity contribution in [3.05, 3.63) is 18.2 Å². The summed E-state index contributed by atoms with van der Waals surface area (Å²) in [5.74, 6) is 0.00750. The molecule has 202 valence electrons. The van der Waals surface area contributed by atoms with E-state index in [9.17, 15) is 15.0 Å². The molecule has 7 heteroatoms. The Labute approximate surface area is 212 Å². The van der Waals surface area contributed by atoms with Gasteiger partial charge >= 0.3 is 5.97 Å². The molecule has 0 amide bonds. The first-order chi connectivity index (χ1) is 16.9. The van der Waals surface area contributed by atoms with Gasteiger partial charge in [-0.2, -0.15) is 0 Å². The summed E-state index contributed by atoms with van der Waals surface area (Å²) in [6.07, 6.45) is 14.3. The molecule has 2 atom stereocenters. The number of unbranched alkanes of at least 4 members (excludes halogenated alkanes) is 10. The number of hydrogen-bond donors (Lipinski definition) is 4. The number of aliphatic hydroxyl groups is 2. The van der Waals surface area contributed by atoms with Crippen molar-refractivity contribution in [1.82, 2.24) is 0 Å². The van der Waals surface area contributed by atoms with E-state index in [1.54, 1.807) is 18.2 Å². The lowest BCUT2D eigenvalue weighted by atomic mass is 10.1. The van der Waals surface area contributed by atoms with Crippen LogP contribution in [0, 0.1) is 0 Å². The van der Waals surface area contributed by atoms with Crippen molar-refractivity contribution < 1.29 is 29.6 Å². The van der Waals surface area contributed by atoms with Gasteiger partial charge in [-0.25, -0.2) is 0 Å². The highest BCUT2D eigenvalue weighted by Crippen LogP contribution is 2.27. The van der Waals surface area contributed by atoms with Gasteiger partial charge in [-0.3, -0.25) is 4.79 Å². The van der Waals surface area contributed by atoms with Crippen molar-refractivity contribution in [3.63, 3.8) is 0 Å². The van der Waals surface area contributed by atoms with Crippen LogP contribution in [0.25, 0.3) is 0 Å². The number of anilines is 1. The molecule has 4 N–H and O–H groups in total. The zero-order valence-electron chi connectivity index (χ0n) is 22.0. The molecule has 1 aromatic carbocycles. The van der Waals surface area contributed by atoms with Crippen LogP contribution in [0.2, 0.25) is 0 Å². The second-order valence-electron chi connectivity index (χ2n) is 9.48. The minimum Gasteiger partial charge on any atom is -0.491 e. The molecule has 0 aliphatic heterocycles. The van der Waals surface area contributed by atoms with Crippen LogP contribution < -0.4 is 14.8 Å². The Hall–Kier alpha value is -1.99. The molecule has 1 rings (SSSR count). The van der Waals surface area contributed by atoms with Crippen molar-refractivity contribution >= 4 is 11.7 Å². The lowest BCUT2D eigenvalue weighted by Gasteiger charge is -2.16. The molecule has 0 aromatic heterocycles. The Kier molecular flexibility index (Phi) is 17.9. The predicted molar refractivity (Wildman–Crippen MR) is 142 cm³/mol. The fourth-order valence-corrected chi connectivity index (χ4v) is 3.89. The van der Waals surface area contributed by atoms with E-state index in [-0.39, 0.29) is 19.8 Å². The molecule has 1 aromatic rings. The van der Waals surface area contributed by atoms with E-state index >= 15 is 0 Å². The first kappa shape index (κ1) is 31.0. The van der Waals surface area contributed by atoms with Crippen LogP contribution in [-0.2, 0) is 4.79 Å². The summed E-state index contributed by atoms with van der Waals surface area (Å²) in [5.41, 5.74) is 0.552. The Morgan fingerprint density at radius 3 is 1.60 bits per heavy atom. The number of ether oxygens (including phenoxy) is 2. The van der Waals surface area contributed by atoms with Crippen molar-refractivity contribution in [2.24, 2.45) is 0 Å². The van der Waals surface area contributed by atoms with E-state index < -0.39 is 18.2 Å². The quantitative estimate of drug-likeness (QED) is 0.135. The molecule has 0 bridgehead atoms. The number of nitrogens with one attached hydrogen (secondary N) is 1. The molecule has 0 spiro atoms. The smallest absolute Gasteiger partial charge is 0.322 e. The lowest BCUT2D eigenvalue weighted by Crippen LogP contribution is -2.19. The summed E-state index contributed by atoms with van der Waals surface area (Å²) in [7, 11) is 0. The average Bonchev–Trinajstić information content (AvgIpc) is 2.84. The fraction of sp³-hybridized carbons (Fsp3) is 0.750. The summed E-state index contributed by atoms with van der Waals surface area (Å²) in [6, 6.07) is 5.10. The third kappa shape index (κ3) is 17.1. The molecule has 2 unspecified atom stereocenters. The van der Waals surface area contributed by atoms with Crippen molar-refractivity contribution in [3.8, 4) is 11.5 Å². The third-order valence-electron chi connectivity index (χ3n) is 5.99. The maximum atomic E-state index is 10.9. The monoisotopic (exact) mass is 495 g/mol. The SMILES string of the molecule is CCCCCCCCC(O)COc1cc(NCC(=O)O)cc(OCC(O)CCCCCCCC)c1. The molecule has 0 saturated carbocycles. The number of carboxylic acid groups (broad SMARTS) is 1. The fourth-order valence-electron chi connectivity index (χ4n) is 3.89. The molecular formula is C28H49NO6. The number of carboxylic acids is 1. The van der Waals surface area contributed by atoms with E-state index in [4.69, 9.17) is 14.6 Å². The van der Waals surface area contributed by atoms with Crippen LogP contribution in [0.3, 0.4) is 0 Å². The summed E-state index contributed by atoms with van der Waals surface area (Å²) < 4.78 is 11.6. The number of benzene rings is 1. The molecule has 0 saturated heterocycles. The molecule has 0 fully saturated rings. The first-order valence-electron chi connectivity index (χ1n) is 13.7. The van der Waals surface area contributed by atoms with E-state index in [1.165, 1.54) is 51.4 Å². The van der Waals surface area contributed by atoms with Gasteiger partial charge in [0.15, 0.2) is 0 Å². The molecular weight excluding hydrogens is 446 g/mol. The number of aliphatic carboxylic acids is 1. The minimum atomic E-state index is -0.970. The zero-order valence-corrected chi connectivity index (χ0v) is 22.0. The van der Waals surface area contributed by atoms with Gasteiger partial charge in [0.25, 0.3) is 0 Å². The van der Waals surface area contributed by atoms with Crippen LogP contribution >= 0.6 is 0 Å². The van der Waals surface area contributed by atoms with Gasteiger partial charge in [-0.15, -0.1) is 0 Å². The van der Waals surface area contributed by atoms with Crippen molar-refractivity contribution in [2.75, 3.05) is 25.1 Å². The van der Waals surface area contributed by atoms with Gasteiger partial charge in [-0.05, 0) is 12.8 Å². The highest BCUT2D eigenvalue weighted by molar-refractivity contribution is 5.73. The molecule has 35 heavy (non-hydrogen) atoms. The average molecular weight is 496 g/mol. The summed E-state index contributed by atoms with van der Waals surface area (Å²) in [5, 5.41) is 32.4. The highest BCUT2D eigenvalue weighted by atomic mass is 16.5. The van der Waals surface area contributed by atoms with E-state index in [0.29, 0.717) is 30.0 Å². The zero-order chi connectivity index (χ0) is 25.7. The highest BCUT2D eigenvalue weighted by Gasteiger charge is 2.11.